The molecule has 1 aliphatic carbocycles. The molecule has 0 spiro atoms. The van der Waals surface area contributed by atoms with Crippen LogP contribution in [0.4, 0.5) is 0 Å². The lowest BCUT2D eigenvalue weighted by atomic mass is 9.83. The topological polar surface area (TPSA) is 37.3 Å². The van der Waals surface area contributed by atoms with Crippen molar-refractivity contribution in [3.05, 3.63) is 60.2 Å². The summed E-state index contributed by atoms with van der Waals surface area (Å²) in [6, 6.07) is 9.72. The number of allylic oxidation sites excluding steroid dienone is 3. The van der Waals surface area contributed by atoms with Gasteiger partial charge >= 0.3 is 5.97 Å². The van der Waals surface area contributed by atoms with Gasteiger partial charge in [0.2, 0.25) is 0 Å². The Balaban J connectivity index is 0.00000128. The summed E-state index contributed by atoms with van der Waals surface area (Å²) >= 11 is 0. The summed E-state index contributed by atoms with van der Waals surface area (Å²) in [7, 11) is 0. The quantitative estimate of drug-likeness (QED) is 0.857. The molecule has 0 saturated heterocycles. The molecule has 2 nitrogen and oxygen atoms in total. The zero-order chi connectivity index (χ0) is 10.7. The Morgan fingerprint density at radius 1 is 1.06 bits per heavy atom. The number of hydrogen-bond donors (Lipinski definition) is 1. The van der Waals surface area contributed by atoms with Gasteiger partial charge in [0.25, 0.3) is 0 Å². The molecule has 2 unspecified atom stereocenters. The third-order valence-corrected chi connectivity index (χ3v) is 2.60. The first-order valence-electron chi connectivity index (χ1n) is 4.92. The largest absolute Gasteiger partial charge is 0.481 e. The Hall–Kier alpha value is -1.54. The second-order valence-corrected chi connectivity index (χ2v) is 3.57. The second-order valence-electron chi connectivity index (χ2n) is 3.57. The van der Waals surface area contributed by atoms with Crippen molar-refractivity contribution in [1.82, 2.24) is 0 Å². The molecule has 1 N–H and O–H groups in total. The van der Waals surface area contributed by atoms with Gasteiger partial charge in [-0.2, -0.15) is 0 Å². The average molecular weight is 237 g/mol. The lowest BCUT2D eigenvalue weighted by Crippen LogP contribution is -2.20. The van der Waals surface area contributed by atoms with Crippen LogP contribution in [0.3, 0.4) is 0 Å². The van der Waals surface area contributed by atoms with Crippen LogP contribution in [0.15, 0.2) is 54.6 Å². The molecular weight excluding hydrogens is 224 g/mol. The summed E-state index contributed by atoms with van der Waals surface area (Å²) in [6.07, 6.45) is 7.36. The number of carboxylic acid groups (broad SMARTS) is 1. The van der Waals surface area contributed by atoms with Crippen LogP contribution in [0.2, 0.25) is 0 Å². The maximum atomic E-state index is 11.1. The molecule has 84 valence electrons. The Kier molecular flexibility index (Phi) is 4.32. The van der Waals surface area contributed by atoms with Gasteiger partial charge in [0.1, 0.15) is 0 Å². The minimum atomic E-state index is -0.774. The van der Waals surface area contributed by atoms with Gasteiger partial charge < -0.3 is 5.11 Å². The first kappa shape index (κ1) is 12.5. The van der Waals surface area contributed by atoms with Crippen LogP contribution >= 0.6 is 12.4 Å². The molecule has 0 saturated carbocycles. The predicted molar refractivity (Wildman–Crippen MR) is 65.8 cm³/mol. The molecule has 2 atom stereocenters. The normalized spacial score (nSPS) is 22.5. The van der Waals surface area contributed by atoms with E-state index in [1.807, 2.05) is 42.5 Å². The minimum absolute atomic E-state index is 0. The number of rotatable bonds is 2. The highest BCUT2D eigenvalue weighted by Crippen LogP contribution is 2.29. The van der Waals surface area contributed by atoms with E-state index < -0.39 is 11.9 Å². The van der Waals surface area contributed by atoms with E-state index in [1.165, 1.54) is 0 Å². The molecule has 1 aliphatic rings. The van der Waals surface area contributed by atoms with Gasteiger partial charge in [0, 0.05) is 5.92 Å². The van der Waals surface area contributed by atoms with Crippen LogP contribution in [0, 0.1) is 5.92 Å². The fourth-order valence-corrected chi connectivity index (χ4v) is 1.84. The van der Waals surface area contributed by atoms with Crippen LogP contribution in [0.25, 0.3) is 0 Å². The molecule has 0 aromatic heterocycles. The fraction of sp³-hybridized carbons (Fsp3) is 0.154. The van der Waals surface area contributed by atoms with Gasteiger partial charge in [-0.1, -0.05) is 54.6 Å². The SMILES string of the molecule is Cl.O=C(O)C1C=CC=CC1c1ccccc1. The highest BCUT2D eigenvalue weighted by molar-refractivity contribution is 5.85. The van der Waals surface area contributed by atoms with Gasteiger partial charge in [-0.3, -0.25) is 4.79 Å². The number of carbonyl (C=O) groups is 1. The molecule has 0 fully saturated rings. The third-order valence-electron chi connectivity index (χ3n) is 2.60. The minimum Gasteiger partial charge on any atom is -0.481 e. The maximum absolute atomic E-state index is 11.1. The van der Waals surface area contributed by atoms with E-state index in [-0.39, 0.29) is 18.3 Å². The van der Waals surface area contributed by atoms with Gasteiger partial charge in [-0.05, 0) is 5.56 Å². The second kappa shape index (κ2) is 5.52. The number of hydrogen-bond acceptors (Lipinski definition) is 1. The first-order valence-corrected chi connectivity index (χ1v) is 4.92. The Labute approximate surface area is 101 Å². The van der Waals surface area contributed by atoms with Gasteiger partial charge in [0.15, 0.2) is 0 Å². The highest BCUT2D eigenvalue weighted by atomic mass is 35.5. The predicted octanol–water partition coefficient (Wildman–Crippen LogP) is 3.02. The molecule has 0 radical (unpaired) electrons. The molecule has 1 aromatic rings. The molecule has 16 heavy (non-hydrogen) atoms. The Morgan fingerprint density at radius 2 is 1.69 bits per heavy atom. The van der Waals surface area contributed by atoms with E-state index in [4.69, 9.17) is 5.11 Å². The zero-order valence-electron chi connectivity index (χ0n) is 8.61. The van der Waals surface area contributed by atoms with Gasteiger partial charge in [0.05, 0.1) is 5.92 Å². The van der Waals surface area contributed by atoms with Crippen molar-refractivity contribution < 1.29 is 9.90 Å². The maximum Gasteiger partial charge on any atom is 0.311 e. The summed E-state index contributed by atoms with van der Waals surface area (Å²) in [6.45, 7) is 0. The number of halogens is 1. The average Bonchev–Trinajstić information content (AvgIpc) is 2.30. The molecule has 0 bridgehead atoms. The summed E-state index contributed by atoms with van der Waals surface area (Å²) in [5, 5.41) is 9.08. The van der Waals surface area contributed by atoms with E-state index >= 15 is 0 Å². The van der Waals surface area contributed by atoms with Crippen molar-refractivity contribution in [2.45, 2.75) is 5.92 Å². The van der Waals surface area contributed by atoms with Crippen molar-refractivity contribution in [3.63, 3.8) is 0 Å². The zero-order valence-corrected chi connectivity index (χ0v) is 9.43. The summed E-state index contributed by atoms with van der Waals surface area (Å²) in [5.74, 6) is -1.27. The third kappa shape index (κ3) is 2.52. The highest BCUT2D eigenvalue weighted by Gasteiger charge is 2.26. The Morgan fingerprint density at radius 3 is 2.31 bits per heavy atom. The first-order chi connectivity index (χ1) is 7.29. The molecule has 3 heteroatoms. The molecule has 1 aromatic carbocycles. The Bertz CT molecular complexity index is 409. The molecule has 0 heterocycles. The van der Waals surface area contributed by atoms with Gasteiger partial charge in [-0.15, -0.1) is 12.4 Å². The summed E-state index contributed by atoms with van der Waals surface area (Å²) in [4.78, 5) is 11.1. The van der Waals surface area contributed by atoms with Crippen molar-refractivity contribution in [2.75, 3.05) is 0 Å². The summed E-state index contributed by atoms with van der Waals surface area (Å²) in [5.41, 5.74) is 1.05. The number of aliphatic carboxylic acids is 1. The van der Waals surface area contributed by atoms with Crippen LogP contribution in [0.5, 0.6) is 0 Å². The molecule has 0 aliphatic heterocycles. The number of benzene rings is 1. The molecular formula is C13H13ClO2. The fourth-order valence-electron chi connectivity index (χ4n) is 1.84. The summed E-state index contributed by atoms with van der Waals surface area (Å²) < 4.78 is 0. The lowest BCUT2D eigenvalue weighted by molar-refractivity contribution is -0.140. The van der Waals surface area contributed by atoms with Crippen molar-refractivity contribution >= 4 is 18.4 Å². The van der Waals surface area contributed by atoms with Crippen molar-refractivity contribution in [2.24, 2.45) is 5.92 Å². The lowest BCUT2D eigenvalue weighted by Gasteiger charge is -2.20. The van der Waals surface area contributed by atoms with Crippen LogP contribution in [-0.4, -0.2) is 11.1 Å². The van der Waals surface area contributed by atoms with Crippen LogP contribution in [-0.2, 0) is 4.79 Å². The van der Waals surface area contributed by atoms with E-state index in [2.05, 4.69) is 0 Å². The standard InChI is InChI=1S/C13H12O2.ClH/c14-13(15)12-9-5-4-8-11(12)10-6-2-1-3-7-10;/h1-9,11-12H,(H,14,15);1H. The van der Waals surface area contributed by atoms with E-state index in [1.54, 1.807) is 12.2 Å². The monoisotopic (exact) mass is 236 g/mol. The van der Waals surface area contributed by atoms with E-state index in [0.717, 1.165) is 5.56 Å². The smallest absolute Gasteiger partial charge is 0.311 e. The van der Waals surface area contributed by atoms with E-state index in [9.17, 15) is 4.79 Å². The van der Waals surface area contributed by atoms with Crippen LogP contribution < -0.4 is 0 Å². The molecule has 2 rings (SSSR count). The van der Waals surface area contributed by atoms with Crippen LogP contribution in [0.1, 0.15) is 11.5 Å². The number of carboxylic acids is 1. The van der Waals surface area contributed by atoms with Gasteiger partial charge in [-0.25, -0.2) is 0 Å². The molecule has 0 amide bonds. The van der Waals surface area contributed by atoms with E-state index in [0.29, 0.717) is 0 Å². The van der Waals surface area contributed by atoms with Crippen molar-refractivity contribution in [1.29, 1.82) is 0 Å². The van der Waals surface area contributed by atoms with Crippen molar-refractivity contribution in [3.8, 4) is 0 Å².